The molecule has 7 nitrogen and oxygen atoms in total. The van der Waals surface area contributed by atoms with Gasteiger partial charge in [0.05, 0.1) is 18.6 Å². The second kappa shape index (κ2) is 9.87. The van der Waals surface area contributed by atoms with E-state index in [9.17, 15) is 4.79 Å². The van der Waals surface area contributed by atoms with Crippen LogP contribution in [0.25, 0.3) is 5.69 Å². The molecule has 0 spiro atoms. The van der Waals surface area contributed by atoms with Crippen LogP contribution in [0.1, 0.15) is 18.4 Å². The summed E-state index contributed by atoms with van der Waals surface area (Å²) in [6.45, 7) is 3.79. The SMILES string of the molecule is COc1ccccc1N1CCCC(NC(=O)CSc2nncn2-c2ccc(C)cc2)C1. The van der Waals surface area contributed by atoms with E-state index in [2.05, 4.69) is 33.4 Å². The average molecular weight is 438 g/mol. The summed E-state index contributed by atoms with van der Waals surface area (Å²) in [6.07, 6.45) is 3.68. The first-order chi connectivity index (χ1) is 15.1. The van der Waals surface area contributed by atoms with E-state index in [-0.39, 0.29) is 11.9 Å². The van der Waals surface area contributed by atoms with Crippen molar-refractivity contribution in [2.75, 3.05) is 30.9 Å². The summed E-state index contributed by atoms with van der Waals surface area (Å²) in [5.74, 6) is 1.17. The van der Waals surface area contributed by atoms with Gasteiger partial charge >= 0.3 is 0 Å². The lowest BCUT2D eigenvalue weighted by Crippen LogP contribution is -2.48. The zero-order valence-corrected chi connectivity index (χ0v) is 18.6. The Balaban J connectivity index is 1.33. The second-order valence-electron chi connectivity index (χ2n) is 7.63. The van der Waals surface area contributed by atoms with Crippen molar-refractivity contribution in [3.8, 4) is 11.4 Å². The number of hydrogen-bond acceptors (Lipinski definition) is 6. The number of nitrogens with one attached hydrogen (secondary N) is 1. The molecule has 162 valence electrons. The predicted octanol–water partition coefficient (Wildman–Crippen LogP) is 3.46. The van der Waals surface area contributed by atoms with Crippen LogP contribution >= 0.6 is 11.8 Å². The van der Waals surface area contributed by atoms with Crippen LogP contribution in [0.15, 0.2) is 60.0 Å². The number of benzene rings is 2. The zero-order valence-electron chi connectivity index (χ0n) is 17.8. The van der Waals surface area contributed by atoms with Crippen molar-refractivity contribution in [1.82, 2.24) is 20.1 Å². The molecule has 0 saturated carbocycles. The van der Waals surface area contributed by atoms with Gasteiger partial charge in [0.2, 0.25) is 5.91 Å². The third-order valence-corrected chi connectivity index (χ3v) is 6.32. The topological polar surface area (TPSA) is 72.3 Å². The van der Waals surface area contributed by atoms with Gasteiger partial charge in [-0.3, -0.25) is 9.36 Å². The largest absolute Gasteiger partial charge is 0.495 e. The lowest BCUT2D eigenvalue weighted by atomic mass is 10.0. The Bertz CT molecular complexity index is 1020. The standard InChI is InChI=1S/C23H27N5O2S/c1-17-9-11-19(12-10-17)28-16-24-26-23(28)31-15-22(29)25-18-6-5-13-27(14-18)20-7-3-4-8-21(20)30-2/h3-4,7-12,16,18H,5-6,13-15H2,1-2H3,(H,25,29). The van der Waals surface area contributed by atoms with E-state index in [0.717, 1.165) is 43.1 Å². The number of aryl methyl sites for hydroxylation is 1. The first kappa shape index (κ1) is 21.2. The Morgan fingerprint density at radius 1 is 1.23 bits per heavy atom. The molecule has 31 heavy (non-hydrogen) atoms. The fourth-order valence-electron chi connectivity index (χ4n) is 3.81. The molecule has 8 heteroatoms. The van der Waals surface area contributed by atoms with Gasteiger partial charge in [0.1, 0.15) is 12.1 Å². The highest BCUT2D eigenvalue weighted by Crippen LogP contribution is 2.30. The fraction of sp³-hybridized carbons (Fsp3) is 0.348. The molecule has 1 saturated heterocycles. The summed E-state index contributed by atoms with van der Waals surface area (Å²) in [4.78, 5) is 14.9. The number of methoxy groups -OCH3 is 1. The van der Waals surface area contributed by atoms with E-state index < -0.39 is 0 Å². The van der Waals surface area contributed by atoms with Crippen LogP contribution in [0.5, 0.6) is 5.75 Å². The van der Waals surface area contributed by atoms with Crippen LogP contribution in [0.2, 0.25) is 0 Å². The van der Waals surface area contributed by atoms with Gasteiger partial charge in [0, 0.05) is 24.8 Å². The third kappa shape index (κ3) is 5.19. The molecule has 1 fully saturated rings. The molecule has 1 unspecified atom stereocenters. The molecular weight excluding hydrogens is 410 g/mol. The number of thioether (sulfide) groups is 1. The minimum absolute atomic E-state index is 0.00957. The molecule has 1 atom stereocenters. The van der Waals surface area contributed by atoms with Gasteiger partial charge in [-0.15, -0.1) is 10.2 Å². The first-order valence-corrected chi connectivity index (χ1v) is 11.4. The second-order valence-corrected chi connectivity index (χ2v) is 8.57. The molecule has 0 radical (unpaired) electrons. The number of aromatic nitrogens is 3. The van der Waals surface area contributed by atoms with Gasteiger partial charge in [-0.1, -0.05) is 41.6 Å². The maximum Gasteiger partial charge on any atom is 0.230 e. The van der Waals surface area contributed by atoms with Crippen molar-refractivity contribution in [1.29, 1.82) is 0 Å². The lowest BCUT2D eigenvalue weighted by Gasteiger charge is -2.35. The minimum Gasteiger partial charge on any atom is -0.495 e. The molecule has 0 aliphatic carbocycles. The lowest BCUT2D eigenvalue weighted by molar-refractivity contribution is -0.119. The number of anilines is 1. The minimum atomic E-state index is 0.00957. The Hall–Kier alpha value is -3.00. The van der Waals surface area contributed by atoms with Crippen LogP contribution in [-0.4, -0.2) is 52.7 Å². The normalized spacial score (nSPS) is 16.2. The number of nitrogens with zero attached hydrogens (tertiary/aromatic N) is 4. The van der Waals surface area contributed by atoms with Gasteiger partial charge in [0.15, 0.2) is 5.16 Å². The van der Waals surface area contributed by atoms with Crippen LogP contribution in [0.3, 0.4) is 0 Å². The molecular formula is C23H27N5O2S. The van der Waals surface area contributed by atoms with E-state index in [4.69, 9.17) is 4.74 Å². The van der Waals surface area contributed by atoms with Crippen LogP contribution < -0.4 is 15.0 Å². The van der Waals surface area contributed by atoms with Gasteiger partial charge in [-0.05, 0) is 44.0 Å². The van der Waals surface area contributed by atoms with Gasteiger partial charge < -0.3 is 15.0 Å². The number of rotatable bonds is 7. The number of carbonyl (C=O) groups is 1. The highest BCUT2D eigenvalue weighted by Gasteiger charge is 2.23. The van der Waals surface area contributed by atoms with Crippen molar-refractivity contribution in [3.05, 3.63) is 60.4 Å². The monoisotopic (exact) mass is 437 g/mol. The van der Waals surface area contributed by atoms with E-state index in [0.29, 0.717) is 10.9 Å². The number of ether oxygens (including phenoxy) is 1. The van der Waals surface area contributed by atoms with Crippen molar-refractivity contribution >= 4 is 23.4 Å². The summed E-state index contributed by atoms with van der Waals surface area (Å²) in [5.41, 5.74) is 3.25. The Morgan fingerprint density at radius 3 is 2.84 bits per heavy atom. The highest BCUT2D eigenvalue weighted by molar-refractivity contribution is 7.99. The maximum atomic E-state index is 12.6. The van der Waals surface area contributed by atoms with Crippen molar-refractivity contribution in [3.63, 3.8) is 0 Å². The van der Waals surface area contributed by atoms with E-state index >= 15 is 0 Å². The summed E-state index contributed by atoms with van der Waals surface area (Å²) >= 11 is 1.40. The fourth-order valence-corrected chi connectivity index (χ4v) is 4.55. The van der Waals surface area contributed by atoms with E-state index in [1.54, 1.807) is 13.4 Å². The number of amides is 1. The van der Waals surface area contributed by atoms with Crippen molar-refractivity contribution in [2.45, 2.75) is 31.0 Å². The van der Waals surface area contributed by atoms with Crippen molar-refractivity contribution < 1.29 is 9.53 Å². The molecule has 2 heterocycles. The molecule has 0 bridgehead atoms. The number of para-hydroxylation sites is 2. The summed E-state index contributed by atoms with van der Waals surface area (Å²) in [6, 6.07) is 16.3. The highest BCUT2D eigenvalue weighted by atomic mass is 32.2. The predicted molar refractivity (Wildman–Crippen MR) is 123 cm³/mol. The van der Waals surface area contributed by atoms with Gasteiger partial charge in [-0.2, -0.15) is 0 Å². The molecule has 1 N–H and O–H groups in total. The number of piperidine rings is 1. The quantitative estimate of drug-likeness (QED) is 0.571. The Kier molecular flexibility index (Phi) is 6.76. The third-order valence-electron chi connectivity index (χ3n) is 5.37. The smallest absolute Gasteiger partial charge is 0.230 e. The van der Waals surface area contributed by atoms with Crippen LogP contribution in [0, 0.1) is 6.92 Å². The summed E-state index contributed by atoms with van der Waals surface area (Å²) in [5, 5.41) is 12.1. The zero-order chi connectivity index (χ0) is 21.6. The summed E-state index contributed by atoms with van der Waals surface area (Å²) < 4.78 is 7.41. The van der Waals surface area contributed by atoms with Gasteiger partial charge in [-0.25, -0.2) is 0 Å². The number of carbonyl (C=O) groups excluding carboxylic acids is 1. The number of hydrogen-bond donors (Lipinski definition) is 1. The van der Waals surface area contributed by atoms with E-state index in [1.165, 1.54) is 17.3 Å². The molecule has 1 aliphatic rings. The Morgan fingerprint density at radius 2 is 2.03 bits per heavy atom. The molecule has 2 aromatic carbocycles. The summed E-state index contributed by atoms with van der Waals surface area (Å²) in [7, 11) is 1.69. The first-order valence-electron chi connectivity index (χ1n) is 10.4. The van der Waals surface area contributed by atoms with Crippen molar-refractivity contribution in [2.24, 2.45) is 0 Å². The van der Waals surface area contributed by atoms with Gasteiger partial charge in [0.25, 0.3) is 0 Å². The molecule has 1 aromatic heterocycles. The van der Waals surface area contributed by atoms with Crippen LogP contribution in [0.4, 0.5) is 5.69 Å². The Labute approximate surface area is 186 Å². The molecule has 4 rings (SSSR count). The molecule has 1 amide bonds. The van der Waals surface area contributed by atoms with E-state index in [1.807, 2.05) is 47.0 Å². The molecule has 1 aliphatic heterocycles. The average Bonchev–Trinajstić information content (AvgIpc) is 3.27. The molecule has 3 aromatic rings. The maximum absolute atomic E-state index is 12.6. The van der Waals surface area contributed by atoms with Crippen LogP contribution in [-0.2, 0) is 4.79 Å².